The summed E-state index contributed by atoms with van der Waals surface area (Å²) in [5.74, 6) is 1.27. The topological polar surface area (TPSA) is 91.7 Å². The Bertz CT molecular complexity index is 866. The van der Waals surface area contributed by atoms with Gasteiger partial charge in [0.1, 0.15) is 12.4 Å². The lowest BCUT2D eigenvalue weighted by Gasteiger charge is -2.13. The highest BCUT2D eigenvalue weighted by molar-refractivity contribution is 7.98. The molecule has 3 aromatic rings. The van der Waals surface area contributed by atoms with E-state index in [1.54, 1.807) is 11.3 Å². The second kappa shape index (κ2) is 6.73. The molecule has 10 heteroatoms. The summed E-state index contributed by atoms with van der Waals surface area (Å²) in [6, 6.07) is 2.29. The molecule has 0 aliphatic rings. The number of hydrogen-bond acceptors (Lipinski definition) is 7. The molecule has 0 spiro atoms. The largest absolute Gasteiger partial charge is 0.307 e. The zero-order valence-corrected chi connectivity index (χ0v) is 15.0. The van der Waals surface area contributed by atoms with Gasteiger partial charge in [-0.3, -0.25) is 19.4 Å². The van der Waals surface area contributed by atoms with Crippen molar-refractivity contribution >= 4 is 28.8 Å². The maximum atomic E-state index is 10.7. The van der Waals surface area contributed by atoms with Crippen molar-refractivity contribution < 1.29 is 4.92 Å². The Balaban J connectivity index is 1.82. The number of rotatable bonds is 6. The molecular formula is C14H16N6O2S2. The maximum absolute atomic E-state index is 10.7. The van der Waals surface area contributed by atoms with Crippen LogP contribution < -0.4 is 0 Å². The van der Waals surface area contributed by atoms with Crippen LogP contribution in [0.4, 0.5) is 5.69 Å². The van der Waals surface area contributed by atoms with Gasteiger partial charge in [0.05, 0.1) is 10.8 Å². The molecule has 126 valence electrons. The number of aryl methyl sites for hydroxylation is 1. The number of hydrogen-bond donors (Lipinski definition) is 0. The van der Waals surface area contributed by atoms with Gasteiger partial charge in [0, 0.05) is 21.9 Å². The third-order valence-corrected chi connectivity index (χ3v) is 5.12. The predicted molar refractivity (Wildman–Crippen MR) is 93.2 cm³/mol. The number of thioether (sulfide) groups is 1. The Hall–Kier alpha value is -2.20. The first-order valence-electron chi connectivity index (χ1n) is 7.25. The van der Waals surface area contributed by atoms with Crippen molar-refractivity contribution in [2.75, 3.05) is 0 Å². The van der Waals surface area contributed by atoms with E-state index in [4.69, 9.17) is 0 Å². The van der Waals surface area contributed by atoms with E-state index in [-0.39, 0.29) is 11.7 Å². The van der Waals surface area contributed by atoms with Gasteiger partial charge in [0.15, 0.2) is 11.0 Å². The van der Waals surface area contributed by atoms with Gasteiger partial charge in [0.25, 0.3) is 0 Å². The van der Waals surface area contributed by atoms with Gasteiger partial charge < -0.3 is 0 Å². The van der Waals surface area contributed by atoms with E-state index >= 15 is 0 Å². The van der Waals surface area contributed by atoms with Gasteiger partial charge in [-0.25, -0.2) is 0 Å². The van der Waals surface area contributed by atoms with E-state index in [1.807, 2.05) is 0 Å². The Morgan fingerprint density at radius 3 is 2.79 bits per heavy atom. The zero-order chi connectivity index (χ0) is 17.3. The van der Waals surface area contributed by atoms with E-state index in [0.29, 0.717) is 5.88 Å². The number of aromatic nitrogens is 5. The number of nitrogens with zero attached hydrogens (tertiary/aromatic N) is 6. The van der Waals surface area contributed by atoms with E-state index in [0.717, 1.165) is 16.5 Å². The average Bonchev–Trinajstić information content (AvgIpc) is 3.23. The van der Waals surface area contributed by atoms with Crippen LogP contribution >= 0.6 is 23.1 Å². The molecule has 0 saturated carbocycles. The molecule has 0 bridgehead atoms. The molecule has 3 heterocycles. The van der Waals surface area contributed by atoms with E-state index in [9.17, 15) is 10.1 Å². The maximum Gasteiger partial charge on any atom is 0.307 e. The van der Waals surface area contributed by atoms with Gasteiger partial charge in [-0.2, -0.15) is 5.10 Å². The minimum atomic E-state index is -0.457. The first-order chi connectivity index (χ1) is 11.5. The summed E-state index contributed by atoms with van der Waals surface area (Å²) in [6.45, 7) is 6.22. The predicted octanol–water partition coefficient (Wildman–Crippen LogP) is 3.75. The molecule has 0 saturated heterocycles. The van der Waals surface area contributed by atoms with Crippen LogP contribution in [0.25, 0.3) is 11.4 Å². The summed E-state index contributed by atoms with van der Waals surface area (Å²) in [6.07, 6.45) is 2.65. The quantitative estimate of drug-likeness (QED) is 0.376. The second-order valence-corrected chi connectivity index (χ2v) is 7.51. The van der Waals surface area contributed by atoms with Gasteiger partial charge in [-0.05, 0) is 26.8 Å². The van der Waals surface area contributed by atoms with Gasteiger partial charge >= 0.3 is 5.69 Å². The van der Waals surface area contributed by atoms with Crippen molar-refractivity contribution in [1.29, 1.82) is 0 Å². The molecule has 0 unspecified atom stereocenters. The summed E-state index contributed by atoms with van der Waals surface area (Å²) in [5.41, 5.74) is 1.04. The van der Waals surface area contributed by atoms with E-state index in [2.05, 4.69) is 52.1 Å². The Morgan fingerprint density at radius 2 is 2.21 bits per heavy atom. The third kappa shape index (κ3) is 3.34. The molecule has 0 atom stereocenters. The lowest BCUT2D eigenvalue weighted by Crippen LogP contribution is -2.05. The summed E-state index contributed by atoms with van der Waals surface area (Å²) in [7, 11) is 0. The van der Waals surface area contributed by atoms with Crippen LogP contribution in [0, 0.1) is 17.0 Å². The highest BCUT2D eigenvalue weighted by Gasteiger charge is 2.18. The molecule has 8 nitrogen and oxygen atoms in total. The fraction of sp³-hybridized carbons (Fsp3) is 0.357. The molecular weight excluding hydrogens is 348 g/mol. The van der Waals surface area contributed by atoms with Crippen molar-refractivity contribution in [3.05, 3.63) is 38.8 Å². The summed E-state index contributed by atoms with van der Waals surface area (Å²) < 4.78 is 3.60. The van der Waals surface area contributed by atoms with Gasteiger partial charge in [-0.15, -0.1) is 21.5 Å². The monoisotopic (exact) mass is 364 g/mol. The van der Waals surface area contributed by atoms with Crippen LogP contribution in [0.3, 0.4) is 0 Å². The smallest absolute Gasteiger partial charge is 0.299 e. The minimum absolute atomic E-state index is 0.0182. The molecule has 0 N–H and O–H groups in total. The highest BCUT2D eigenvalue weighted by atomic mass is 32.2. The Morgan fingerprint density at radius 1 is 1.42 bits per heavy atom. The summed E-state index contributed by atoms with van der Waals surface area (Å²) >= 11 is 3.13. The molecule has 0 aliphatic heterocycles. The first kappa shape index (κ1) is 16.7. The molecule has 3 rings (SSSR count). The lowest BCUT2D eigenvalue weighted by molar-refractivity contribution is -0.385. The number of nitro groups is 1. The zero-order valence-electron chi connectivity index (χ0n) is 13.4. The average molecular weight is 364 g/mol. The molecule has 0 aliphatic carbocycles. The van der Waals surface area contributed by atoms with Crippen molar-refractivity contribution in [1.82, 2.24) is 24.5 Å². The van der Waals surface area contributed by atoms with Crippen LogP contribution in [-0.4, -0.2) is 29.5 Å². The van der Waals surface area contributed by atoms with Crippen molar-refractivity contribution in [2.24, 2.45) is 0 Å². The highest BCUT2D eigenvalue weighted by Crippen LogP contribution is 2.30. The van der Waals surface area contributed by atoms with Crippen LogP contribution in [0.1, 0.15) is 24.8 Å². The SMILES string of the molecule is Cc1cc(-c2nnc(SCn3cc([N+](=O)[O-])cn3)n2C(C)C)cs1. The van der Waals surface area contributed by atoms with Crippen LogP contribution in [0.2, 0.25) is 0 Å². The van der Waals surface area contributed by atoms with Crippen molar-refractivity contribution in [2.45, 2.75) is 37.8 Å². The van der Waals surface area contributed by atoms with E-state index in [1.165, 1.54) is 33.7 Å². The standard InChI is InChI=1S/C14H16N6O2S2/c1-9(2)19-13(11-4-10(3)23-7-11)16-17-14(19)24-8-18-6-12(5-15-18)20(21)22/h4-7,9H,8H2,1-3H3. The first-order valence-corrected chi connectivity index (χ1v) is 9.12. The fourth-order valence-corrected chi connectivity index (χ4v) is 3.85. The molecule has 0 aromatic carbocycles. The number of thiophene rings is 1. The van der Waals surface area contributed by atoms with Crippen LogP contribution in [0.5, 0.6) is 0 Å². The van der Waals surface area contributed by atoms with Crippen molar-refractivity contribution in [3.63, 3.8) is 0 Å². The molecule has 0 amide bonds. The second-order valence-electron chi connectivity index (χ2n) is 5.48. The van der Waals surface area contributed by atoms with Gasteiger partial charge in [0.2, 0.25) is 0 Å². The Labute approximate surface area is 146 Å². The third-order valence-electron chi connectivity index (χ3n) is 3.33. The summed E-state index contributed by atoms with van der Waals surface area (Å²) in [4.78, 5) is 11.5. The van der Waals surface area contributed by atoms with Crippen LogP contribution in [-0.2, 0) is 5.88 Å². The molecule has 3 aromatic heterocycles. The lowest BCUT2D eigenvalue weighted by atomic mass is 10.3. The minimum Gasteiger partial charge on any atom is -0.299 e. The van der Waals surface area contributed by atoms with Crippen LogP contribution in [0.15, 0.2) is 29.0 Å². The fourth-order valence-electron chi connectivity index (χ4n) is 2.24. The normalized spacial score (nSPS) is 11.3. The van der Waals surface area contributed by atoms with Gasteiger partial charge in [-0.1, -0.05) is 11.8 Å². The Kier molecular flexibility index (Phi) is 4.67. The van der Waals surface area contributed by atoms with Crippen molar-refractivity contribution in [3.8, 4) is 11.4 Å². The molecule has 0 fully saturated rings. The molecule has 24 heavy (non-hydrogen) atoms. The summed E-state index contributed by atoms with van der Waals surface area (Å²) in [5, 5.41) is 26.2. The van der Waals surface area contributed by atoms with E-state index < -0.39 is 4.92 Å². The molecule has 0 radical (unpaired) electrons.